The summed E-state index contributed by atoms with van der Waals surface area (Å²) in [5.74, 6) is 1.08. The van der Waals surface area contributed by atoms with Crippen molar-refractivity contribution in [3.05, 3.63) is 28.6 Å². The number of hydrogen-bond acceptors (Lipinski definition) is 4. The van der Waals surface area contributed by atoms with Gasteiger partial charge in [-0.3, -0.25) is 0 Å². The standard InChI is InChI=1S/C8H5BrClN3O/c9-5-1-2-6(11-4-5)8-12-7(3-10)13-14-8/h1-2,4H,3H2. The lowest BCUT2D eigenvalue weighted by molar-refractivity contribution is 0.423. The van der Waals surface area contributed by atoms with Crippen molar-refractivity contribution in [2.45, 2.75) is 5.88 Å². The van der Waals surface area contributed by atoms with E-state index < -0.39 is 0 Å². The van der Waals surface area contributed by atoms with Crippen LogP contribution in [0.25, 0.3) is 11.6 Å². The van der Waals surface area contributed by atoms with Gasteiger partial charge in [0.15, 0.2) is 5.82 Å². The molecule has 6 heteroatoms. The molecule has 0 saturated heterocycles. The quantitative estimate of drug-likeness (QED) is 0.790. The summed E-state index contributed by atoms with van der Waals surface area (Å²) < 4.78 is 5.86. The average molecular weight is 275 g/mol. The van der Waals surface area contributed by atoms with Gasteiger partial charge in [-0.25, -0.2) is 4.98 Å². The summed E-state index contributed by atoms with van der Waals surface area (Å²) in [6, 6.07) is 3.64. The zero-order chi connectivity index (χ0) is 9.97. The number of alkyl halides is 1. The molecule has 0 amide bonds. The lowest BCUT2D eigenvalue weighted by Gasteiger charge is -1.92. The Hall–Kier alpha value is -0.940. The largest absolute Gasteiger partial charge is 0.332 e. The molecule has 2 heterocycles. The predicted molar refractivity (Wildman–Crippen MR) is 54.8 cm³/mol. The van der Waals surface area contributed by atoms with Crippen molar-refractivity contribution in [2.75, 3.05) is 0 Å². The maximum atomic E-state index is 5.54. The Morgan fingerprint density at radius 1 is 1.43 bits per heavy atom. The molecule has 0 atom stereocenters. The minimum Gasteiger partial charge on any atom is -0.332 e. The summed E-state index contributed by atoms with van der Waals surface area (Å²) in [7, 11) is 0. The van der Waals surface area contributed by atoms with E-state index in [2.05, 4.69) is 31.1 Å². The van der Waals surface area contributed by atoms with Gasteiger partial charge < -0.3 is 4.52 Å². The molecule has 4 nitrogen and oxygen atoms in total. The highest BCUT2D eigenvalue weighted by molar-refractivity contribution is 9.10. The Labute approximate surface area is 93.4 Å². The molecule has 2 rings (SSSR count). The first-order chi connectivity index (χ1) is 6.79. The van der Waals surface area contributed by atoms with Crippen LogP contribution in [0.2, 0.25) is 0 Å². The normalized spacial score (nSPS) is 10.4. The summed E-state index contributed by atoms with van der Waals surface area (Å²) in [6.45, 7) is 0. The van der Waals surface area contributed by atoms with Crippen LogP contribution in [0.15, 0.2) is 27.3 Å². The number of pyridine rings is 1. The average Bonchev–Trinajstić information content (AvgIpc) is 2.67. The Bertz CT molecular complexity index is 428. The third kappa shape index (κ3) is 1.93. The van der Waals surface area contributed by atoms with Crippen molar-refractivity contribution in [3.63, 3.8) is 0 Å². The van der Waals surface area contributed by atoms with Gasteiger partial charge in [0.2, 0.25) is 0 Å². The SMILES string of the molecule is ClCc1noc(-c2ccc(Br)cn2)n1. The van der Waals surface area contributed by atoms with Crippen LogP contribution in [-0.4, -0.2) is 15.1 Å². The maximum absolute atomic E-state index is 5.54. The summed E-state index contributed by atoms with van der Waals surface area (Å²) in [5.41, 5.74) is 0.636. The number of hydrogen-bond donors (Lipinski definition) is 0. The molecule has 0 unspecified atom stereocenters. The van der Waals surface area contributed by atoms with Gasteiger partial charge >= 0.3 is 0 Å². The van der Waals surface area contributed by atoms with Crippen LogP contribution in [0, 0.1) is 0 Å². The van der Waals surface area contributed by atoms with Gasteiger partial charge in [-0.2, -0.15) is 4.98 Å². The topological polar surface area (TPSA) is 51.8 Å². The minimum absolute atomic E-state index is 0.236. The number of rotatable bonds is 2. The molecule has 0 aliphatic carbocycles. The molecule has 14 heavy (non-hydrogen) atoms. The smallest absolute Gasteiger partial charge is 0.276 e. The van der Waals surface area contributed by atoms with Crippen molar-refractivity contribution in [1.29, 1.82) is 0 Å². The van der Waals surface area contributed by atoms with E-state index in [0.29, 0.717) is 17.4 Å². The fourth-order valence-corrected chi connectivity index (χ4v) is 1.26. The van der Waals surface area contributed by atoms with E-state index in [4.69, 9.17) is 16.1 Å². The lowest BCUT2D eigenvalue weighted by atomic mass is 10.3. The molecule has 0 aliphatic heterocycles. The molecule has 0 saturated carbocycles. The number of nitrogens with zero attached hydrogens (tertiary/aromatic N) is 3. The van der Waals surface area contributed by atoms with E-state index in [-0.39, 0.29) is 5.88 Å². The van der Waals surface area contributed by atoms with E-state index in [1.807, 2.05) is 6.07 Å². The zero-order valence-corrected chi connectivity index (χ0v) is 9.29. The van der Waals surface area contributed by atoms with Crippen molar-refractivity contribution < 1.29 is 4.52 Å². The lowest BCUT2D eigenvalue weighted by Crippen LogP contribution is -1.83. The van der Waals surface area contributed by atoms with E-state index in [1.54, 1.807) is 12.3 Å². The van der Waals surface area contributed by atoms with Crippen molar-refractivity contribution in [1.82, 2.24) is 15.1 Å². The van der Waals surface area contributed by atoms with Crippen LogP contribution in [0.5, 0.6) is 0 Å². The highest BCUT2D eigenvalue weighted by atomic mass is 79.9. The Kier molecular flexibility index (Phi) is 2.79. The van der Waals surface area contributed by atoms with Crippen molar-refractivity contribution in [2.24, 2.45) is 0 Å². The summed E-state index contributed by atoms with van der Waals surface area (Å²) in [4.78, 5) is 8.15. The van der Waals surface area contributed by atoms with E-state index in [9.17, 15) is 0 Å². The van der Waals surface area contributed by atoms with Crippen molar-refractivity contribution in [3.8, 4) is 11.6 Å². The first-order valence-electron chi connectivity index (χ1n) is 3.80. The van der Waals surface area contributed by atoms with Crippen LogP contribution >= 0.6 is 27.5 Å². The molecular weight excluding hydrogens is 269 g/mol. The number of aromatic nitrogens is 3. The fourth-order valence-electron chi connectivity index (χ4n) is 0.915. The molecule has 0 bridgehead atoms. The molecule has 0 aliphatic rings. The number of halogens is 2. The Morgan fingerprint density at radius 2 is 2.29 bits per heavy atom. The van der Waals surface area contributed by atoms with Crippen molar-refractivity contribution >= 4 is 27.5 Å². The third-order valence-corrected chi connectivity index (χ3v) is 2.24. The van der Waals surface area contributed by atoms with E-state index >= 15 is 0 Å². The first-order valence-corrected chi connectivity index (χ1v) is 5.13. The molecule has 2 aromatic rings. The van der Waals surface area contributed by atoms with Gasteiger partial charge in [-0.1, -0.05) is 5.16 Å². The van der Waals surface area contributed by atoms with Gasteiger partial charge in [0, 0.05) is 10.7 Å². The molecule has 0 fully saturated rings. The monoisotopic (exact) mass is 273 g/mol. The van der Waals surface area contributed by atoms with Crippen LogP contribution in [0.4, 0.5) is 0 Å². The summed E-state index contributed by atoms with van der Waals surface area (Å²) in [5, 5.41) is 3.66. The van der Waals surface area contributed by atoms with Crippen LogP contribution < -0.4 is 0 Å². The van der Waals surface area contributed by atoms with E-state index in [1.165, 1.54) is 0 Å². The second-order valence-corrected chi connectivity index (χ2v) is 3.69. The minimum atomic E-state index is 0.236. The molecular formula is C8H5BrClN3O. The Morgan fingerprint density at radius 3 is 2.86 bits per heavy atom. The summed E-state index contributed by atoms with van der Waals surface area (Å²) >= 11 is 8.83. The molecule has 0 N–H and O–H groups in total. The highest BCUT2D eigenvalue weighted by Crippen LogP contribution is 2.17. The van der Waals surface area contributed by atoms with Gasteiger partial charge in [-0.15, -0.1) is 11.6 Å². The molecule has 0 spiro atoms. The Balaban J connectivity index is 2.34. The van der Waals surface area contributed by atoms with Crippen LogP contribution in [0.3, 0.4) is 0 Å². The molecule has 0 radical (unpaired) electrons. The fraction of sp³-hybridized carbons (Fsp3) is 0.125. The summed E-state index contributed by atoms with van der Waals surface area (Å²) in [6.07, 6.45) is 1.67. The molecule has 0 aromatic carbocycles. The van der Waals surface area contributed by atoms with Gasteiger partial charge in [0.25, 0.3) is 5.89 Å². The van der Waals surface area contributed by atoms with Gasteiger partial charge in [0.1, 0.15) is 5.69 Å². The van der Waals surface area contributed by atoms with Gasteiger partial charge in [-0.05, 0) is 28.1 Å². The van der Waals surface area contributed by atoms with Crippen LogP contribution in [0.1, 0.15) is 5.82 Å². The second-order valence-electron chi connectivity index (χ2n) is 2.51. The third-order valence-electron chi connectivity index (χ3n) is 1.53. The second kappa shape index (κ2) is 4.06. The molecule has 72 valence electrons. The van der Waals surface area contributed by atoms with Gasteiger partial charge in [0.05, 0.1) is 5.88 Å². The molecule has 2 aromatic heterocycles. The van der Waals surface area contributed by atoms with E-state index in [0.717, 1.165) is 4.47 Å². The highest BCUT2D eigenvalue weighted by Gasteiger charge is 2.08. The maximum Gasteiger partial charge on any atom is 0.276 e. The predicted octanol–water partition coefficient (Wildman–Crippen LogP) is 2.63. The first kappa shape index (κ1) is 9.61. The van der Waals surface area contributed by atoms with Crippen LogP contribution in [-0.2, 0) is 5.88 Å². The zero-order valence-electron chi connectivity index (χ0n) is 6.94.